The smallest absolute Gasteiger partial charge is 0.257 e. The van der Waals surface area contributed by atoms with Crippen molar-refractivity contribution in [2.75, 3.05) is 57.4 Å². The molecule has 0 radical (unpaired) electrons. The van der Waals surface area contributed by atoms with E-state index in [0.29, 0.717) is 12.1 Å². The van der Waals surface area contributed by atoms with Gasteiger partial charge in [-0.05, 0) is 25.7 Å². The lowest BCUT2D eigenvalue weighted by Crippen LogP contribution is -2.38. The Morgan fingerprint density at radius 3 is 2.64 bits per heavy atom. The standard InChI is InChI=1S/C18H27N5O2/c24-17-15-13-19-18(22-6-2-1-3-7-22)20-16(15)14-23(17)8-4-5-21-9-11-25-12-10-21/h13H,1-12,14H2. The van der Waals surface area contributed by atoms with Gasteiger partial charge in [0.05, 0.1) is 31.0 Å². The molecule has 2 fully saturated rings. The van der Waals surface area contributed by atoms with Crippen molar-refractivity contribution in [3.63, 3.8) is 0 Å². The van der Waals surface area contributed by atoms with Crippen LogP contribution in [0.25, 0.3) is 0 Å². The van der Waals surface area contributed by atoms with Crippen molar-refractivity contribution in [2.24, 2.45) is 0 Å². The minimum atomic E-state index is 0.0853. The summed E-state index contributed by atoms with van der Waals surface area (Å²) >= 11 is 0. The van der Waals surface area contributed by atoms with Gasteiger partial charge in [-0.25, -0.2) is 9.97 Å². The number of carbonyl (C=O) groups is 1. The maximum absolute atomic E-state index is 12.6. The highest BCUT2D eigenvalue weighted by Gasteiger charge is 2.30. The number of nitrogens with zero attached hydrogens (tertiary/aromatic N) is 5. The number of fused-ring (bicyclic) bond motifs is 1. The minimum Gasteiger partial charge on any atom is -0.379 e. The topological polar surface area (TPSA) is 61.8 Å². The molecule has 7 nitrogen and oxygen atoms in total. The molecule has 1 amide bonds. The summed E-state index contributed by atoms with van der Waals surface area (Å²) in [6, 6.07) is 0. The molecule has 136 valence electrons. The Balaban J connectivity index is 1.33. The molecule has 3 aliphatic heterocycles. The van der Waals surface area contributed by atoms with Gasteiger partial charge in [-0.15, -0.1) is 0 Å². The zero-order valence-corrected chi connectivity index (χ0v) is 14.8. The molecule has 0 unspecified atom stereocenters. The fourth-order valence-electron chi connectivity index (χ4n) is 3.87. The number of morpholine rings is 1. The summed E-state index contributed by atoms with van der Waals surface area (Å²) in [5, 5.41) is 0. The number of ether oxygens (including phenoxy) is 1. The predicted molar refractivity (Wildman–Crippen MR) is 94.7 cm³/mol. The van der Waals surface area contributed by atoms with Gasteiger partial charge < -0.3 is 14.5 Å². The number of hydrogen-bond acceptors (Lipinski definition) is 6. The second-order valence-corrected chi connectivity index (χ2v) is 7.11. The quantitative estimate of drug-likeness (QED) is 0.798. The molecule has 0 aliphatic carbocycles. The zero-order chi connectivity index (χ0) is 17.1. The molecule has 0 N–H and O–H groups in total. The highest BCUT2D eigenvalue weighted by Crippen LogP contribution is 2.24. The van der Waals surface area contributed by atoms with Gasteiger partial charge in [0.15, 0.2) is 0 Å². The lowest BCUT2D eigenvalue weighted by atomic mass is 10.1. The number of anilines is 1. The molecule has 3 aliphatic rings. The van der Waals surface area contributed by atoms with Gasteiger partial charge in [0.1, 0.15) is 0 Å². The average molecular weight is 345 g/mol. The number of piperidine rings is 1. The molecule has 0 bridgehead atoms. The predicted octanol–water partition coefficient (Wildman–Crippen LogP) is 1.15. The second kappa shape index (κ2) is 7.66. The lowest BCUT2D eigenvalue weighted by molar-refractivity contribution is 0.0358. The molecule has 0 atom stereocenters. The van der Waals surface area contributed by atoms with Crippen LogP contribution in [0.4, 0.5) is 5.95 Å². The van der Waals surface area contributed by atoms with Crippen LogP contribution in [0, 0.1) is 0 Å². The molecule has 2 saturated heterocycles. The van der Waals surface area contributed by atoms with E-state index in [2.05, 4.69) is 14.8 Å². The van der Waals surface area contributed by atoms with Crippen molar-refractivity contribution in [1.82, 2.24) is 19.8 Å². The van der Waals surface area contributed by atoms with Gasteiger partial charge in [0, 0.05) is 45.5 Å². The van der Waals surface area contributed by atoms with Gasteiger partial charge in [-0.3, -0.25) is 9.69 Å². The number of carbonyl (C=O) groups excluding carboxylic acids is 1. The van der Waals surface area contributed by atoms with E-state index in [0.717, 1.165) is 70.5 Å². The van der Waals surface area contributed by atoms with Crippen molar-refractivity contribution in [1.29, 1.82) is 0 Å². The maximum atomic E-state index is 12.6. The summed E-state index contributed by atoms with van der Waals surface area (Å²) in [7, 11) is 0. The Hall–Kier alpha value is -1.73. The van der Waals surface area contributed by atoms with Gasteiger partial charge in [-0.1, -0.05) is 0 Å². The Morgan fingerprint density at radius 2 is 1.84 bits per heavy atom. The first-order valence-electron chi connectivity index (χ1n) is 9.51. The van der Waals surface area contributed by atoms with E-state index in [4.69, 9.17) is 9.72 Å². The van der Waals surface area contributed by atoms with Gasteiger partial charge in [-0.2, -0.15) is 0 Å². The van der Waals surface area contributed by atoms with Crippen LogP contribution >= 0.6 is 0 Å². The highest BCUT2D eigenvalue weighted by molar-refractivity contribution is 5.97. The van der Waals surface area contributed by atoms with Crippen LogP contribution in [0.5, 0.6) is 0 Å². The maximum Gasteiger partial charge on any atom is 0.257 e. The summed E-state index contributed by atoms with van der Waals surface area (Å²) in [4.78, 5) is 28.3. The molecule has 1 aromatic rings. The van der Waals surface area contributed by atoms with E-state index in [1.54, 1.807) is 6.20 Å². The van der Waals surface area contributed by atoms with Crippen molar-refractivity contribution in [3.8, 4) is 0 Å². The summed E-state index contributed by atoms with van der Waals surface area (Å²) in [5.41, 5.74) is 1.58. The molecule has 0 spiro atoms. The third-order valence-corrected chi connectivity index (χ3v) is 5.36. The van der Waals surface area contributed by atoms with Crippen molar-refractivity contribution in [2.45, 2.75) is 32.2 Å². The van der Waals surface area contributed by atoms with Gasteiger partial charge in [0.25, 0.3) is 5.91 Å². The van der Waals surface area contributed by atoms with E-state index in [9.17, 15) is 4.79 Å². The largest absolute Gasteiger partial charge is 0.379 e. The fourth-order valence-corrected chi connectivity index (χ4v) is 3.87. The summed E-state index contributed by atoms with van der Waals surface area (Å²) in [6.07, 6.45) is 6.42. The first kappa shape index (κ1) is 16.7. The number of amides is 1. The first-order chi connectivity index (χ1) is 12.3. The molecule has 4 heterocycles. The normalized spacial score (nSPS) is 21.7. The van der Waals surface area contributed by atoms with Crippen LogP contribution in [-0.4, -0.2) is 78.2 Å². The molecule has 0 saturated carbocycles. The third kappa shape index (κ3) is 3.77. The van der Waals surface area contributed by atoms with E-state index in [-0.39, 0.29) is 5.91 Å². The number of aromatic nitrogens is 2. The Kier molecular flexibility index (Phi) is 5.12. The monoisotopic (exact) mass is 345 g/mol. The van der Waals surface area contributed by atoms with Gasteiger partial charge >= 0.3 is 0 Å². The summed E-state index contributed by atoms with van der Waals surface area (Å²) < 4.78 is 5.37. The fraction of sp³-hybridized carbons (Fsp3) is 0.722. The Labute approximate surface area is 149 Å². The molecule has 4 rings (SSSR count). The van der Waals surface area contributed by atoms with Crippen LogP contribution in [-0.2, 0) is 11.3 Å². The first-order valence-corrected chi connectivity index (χ1v) is 9.51. The SMILES string of the molecule is O=C1c2cnc(N3CCCCC3)nc2CN1CCCN1CCOCC1. The summed E-state index contributed by atoms with van der Waals surface area (Å²) in [5.74, 6) is 0.878. The lowest BCUT2D eigenvalue weighted by Gasteiger charge is -2.27. The Morgan fingerprint density at radius 1 is 1.04 bits per heavy atom. The van der Waals surface area contributed by atoms with Crippen LogP contribution in [0.15, 0.2) is 6.20 Å². The molecule has 1 aromatic heterocycles. The number of rotatable bonds is 5. The summed E-state index contributed by atoms with van der Waals surface area (Å²) in [6.45, 7) is 8.12. The van der Waals surface area contributed by atoms with Crippen molar-refractivity contribution in [3.05, 3.63) is 17.5 Å². The van der Waals surface area contributed by atoms with E-state index < -0.39 is 0 Å². The molecular weight excluding hydrogens is 318 g/mol. The Bertz CT molecular complexity index is 611. The van der Waals surface area contributed by atoms with Crippen molar-refractivity contribution < 1.29 is 9.53 Å². The van der Waals surface area contributed by atoms with Crippen LogP contribution in [0.2, 0.25) is 0 Å². The third-order valence-electron chi connectivity index (χ3n) is 5.36. The van der Waals surface area contributed by atoms with E-state index >= 15 is 0 Å². The molecule has 7 heteroatoms. The molecule has 25 heavy (non-hydrogen) atoms. The molecular formula is C18H27N5O2. The van der Waals surface area contributed by atoms with Crippen LogP contribution in [0.1, 0.15) is 41.7 Å². The van der Waals surface area contributed by atoms with Crippen LogP contribution < -0.4 is 4.90 Å². The van der Waals surface area contributed by atoms with Crippen molar-refractivity contribution >= 4 is 11.9 Å². The van der Waals surface area contributed by atoms with Crippen LogP contribution in [0.3, 0.4) is 0 Å². The van der Waals surface area contributed by atoms with E-state index in [1.807, 2.05) is 4.90 Å². The molecule has 0 aromatic carbocycles. The van der Waals surface area contributed by atoms with E-state index in [1.165, 1.54) is 19.3 Å². The van der Waals surface area contributed by atoms with Gasteiger partial charge in [0.2, 0.25) is 5.95 Å². The number of hydrogen-bond donors (Lipinski definition) is 0. The average Bonchev–Trinajstić information content (AvgIpc) is 2.99. The highest BCUT2D eigenvalue weighted by atomic mass is 16.5. The zero-order valence-electron chi connectivity index (χ0n) is 14.8. The minimum absolute atomic E-state index is 0.0853. The second-order valence-electron chi connectivity index (χ2n) is 7.11.